The quantitative estimate of drug-likeness (QED) is 0.737. The largest absolute Gasteiger partial charge is 0.454 e. The number of aromatic nitrogens is 1. The number of hydrogen-bond acceptors (Lipinski definition) is 6. The summed E-state index contributed by atoms with van der Waals surface area (Å²) in [6, 6.07) is 9.41. The molecule has 4 atom stereocenters. The van der Waals surface area contributed by atoms with Gasteiger partial charge in [0.2, 0.25) is 18.6 Å². The van der Waals surface area contributed by atoms with Crippen LogP contribution < -0.4 is 14.8 Å². The van der Waals surface area contributed by atoms with Crippen LogP contribution in [-0.2, 0) is 27.4 Å². The third-order valence-electron chi connectivity index (χ3n) is 6.48. The van der Waals surface area contributed by atoms with Crippen LogP contribution in [0.15, 0.2) is 54.9 Å². The smallest absolute Gasteiger partial charge is 0.231 e. The predicted molar refractivity (Wildman–Crippen MR) is 108 cm³/mol. The molecule has 5 heterocycles. The van der Waals surface area contributed by atoms with Crippen molar-refractivity contribution in [2.24, 2.45) is 11.8 Å². The Morgan fingerprint density at radius 3 is 3.00 bits per heavy atom. The molecule has 0 radical (unpaired) electrons. The molecule has 0 unspecified atom stereocenters. The average molecular weight is 419 g/mol. The van der Waals surface area contributed by atoms with E-state index >= 15 is 0 Å². The zero-order valence-corrected chi connectivity index (χ0v) is 16.7. The summed E-state index contributed by atoms with van der Waals surface area (Å²) < 4.78 is 17.0. The minimum atomic E-state index is -0.728. The van der Waals surface area contributed by atoms with E-state index in [1.807, 2.05) is 42.5 Å². The number of amides is 2. The molecule has 6 rings (SSSR count). The van der Waals surface area contributed by atoms with Crippen molar-refractivity contribution >= 4 is 11.8 Å². The van der Waals surface area contributed by atoms with E-state index in [0.717, 1.165) is 11.1 Å². The van der Waals surface area contributed by atoms with Gasteiger partial charge in [-0.1, -0.05) is 24.3 Å². The molecule has 2 saturated heterocycles. The van der Waals surface area contributed by atoms with Crippen molar-refractivity contribution in [2.45, 2.75) is 24.8 Å². The Morgan fingerprint density at radius 2 is 2.13 bits per heavy atom. The minimum Gasteiger partial charge on any atom is -0.454 e. The molecule has 2 aromatic rings. The van der Waals surface area contributed by atoms with E-state index in [1.165, 1.54) is 0 Å². The van der Waals surface area contributed by atoms with E-state index in [9.17, 15) is 9.59 Å². The number of nitrogens with zero attached hydrogens (tertiary/aromatic N) is 2. The molecule has 31 heavy (non-hydrogen) atoms. The number of nitrogens with one attached hydrogen (secondary N) is 1. The van der Waals surface area contributed by atoms with Gasteiger partial charge >= 0.3 is 0 Å². The first-order chi connectivity index (χ1) is 15.1. The molecule has 2 fully saturated rings. The second-order valence-corrected chi connectivity index (χ2v) is 8.36. The van der Waals surface area contributed by atoms with Crippen LogP contribution in [0.25, 0.3) is 0 Å². The lowest BCUT2D eigenvalue weighted by molar-refractivity contribution is -0.137. The SMILES string of the molecule is O=C(NCc1cccnc1)[C@H]1[C@@H]2C=C[C@@]3(CN(Cc4ccc5c(c4)OCO5)C(=O)[C@@H]13)O2. The third-order valence-corrected chi connectivity index (χ3v) is 6.48. The Morgan fingerprint density at radius 1 is 1.23 bits per heavy atom. The molecule has 1 aromatic heterocycles. The molecule has 2 amide bonds. The first-order valence-corrected chi connectivity index (χ1v) is 10.3. The van der Waals surface area contributed by atoms with Gasteiger partial charge in [-0.2, -0.15) is 0 Å². The van der Waals surface area contributed by atoms with Crippen LogP contribution in [0, 0.1) is 11.8 Å². The molecule has 8 nitrogen and oxygen atoms in total. The van der Waals surface area contributed by atoms with E-state index in [-0.39, 0.29) is 24.7 Å². The molecule has 2 bridgehead atoms. The van der Waals surface area contributed by atoms with Gasteiger partial charge in [0.15, 0.2) is 11.5 Å². The van der Waals surface area contributed by atoms with Crippen molar-refractivity contribution in [3.8, 4) is 11.5 Å². The first kappa shape index (κ1) is 18.4. The summed E-state index contributed by atoms with van der Waals surface area (Å²) in [5.74, 6) is 0.144. The Balaban J connectivity index is 1.19. The summed E-state index contributed by atoms with van der Waals surface area (Å²) in [6.07, 6.45) is 6.92. The summed E-state index contributed by atoms with van der Waals surface area (Å²) in [5, 5.41) is 2.95. The normalized spacial score (nSPS) is 29.5. The zero-order chi connectivity index (χ0) is 21.0. The van der Waals surface area contributed by atoms with Gasteiger partial charge in [0.1, 0.15) is 5.60 Å². The number of likely N-dealkylation sites (tertiary alicyclic amines) is 1. The van der Waals surface area contributed by atoms with E-state index in [2.05, 4.69) is 10.3 Å². The number of hydrogen-bond donors (Lipinski definition) is 1. The van der Waals surface area contributed by atoms with Gasteiger partial charge in [0.05, 0.1) is 24.5 Å². The number of carbonyl (C=O) groups is 2. The number of ether oxygens (including phenoxy) is 3. The highest BCUT2D eigenvalue weighted by Crippen LogP contribution is 2.52. The van der Waals surface area contributed by atoms with Gasteiger partial charge in [-0.3, -0.25) is 14.6 Å². The molecule has 0 aliphatic carbocycles. The van der Waals surface area contributed by atoms with Crippen molar-refractivity contribution < 1.29 is 23.8 Å². The monoisotopic (exact) mass is 419 g/mol. The zero-order valence-electron chi connectivity index (χ0n) is 16.7. The summed E-state index contributed by atoms with van der Waals surface area (Å²) in [7, 11) is 0. The topological polar surface area (TPSA) is 90.0 Å². The third kappa shape index (κ3) is 2.90. The Hall–Kier alpha value is -3.39. The van der Waals surface area contributed by atoms with Crippen LogP contribution in [0.1, 0.15) is 11.1 Å². The van der Waals surface area contributed by atoms with E-state index in [1.54, 1.807) is 17.3 Å². The van der Waals surface area contributed by atoms with Crippen molar-refractivity contribution in [3.05, 3.63) is 66.0 Å². The van der Waals surface area contributed by atoms with Gasteiger partial charge in [0.25, 0.3) is 0 Å². The summed E-state index contributed by atoms with van der Waals surface area (Å²) in [4.78, 5) is 32.2. The lowest BCUT2D eigenvalue weighted by Crippen LogP contribution is -2.43. The fourth-order valence-electron chi connectivity index (χ4n) is 5.08. The standard InChI is InChI=1S/C23H21N3O5/c27-21(25-10-15-2-1-7-24-9-15)19-17-5-6-23(31-17)12-26(22(28)20(19)23)11-14-3-4-16-18(8-14)30-13-29-16/h1-9,17,19-20H,10-13H2,(H,25,27)/t17-,19-,20+,23-/m0/s1. The lowest BCUT2D eigenvalue weighted by atomic mass is 9.77. The summed E-state index contributed by atoms with van der Waals surface area (Å²) >= 11 is 0. The molecule has 1 spiro atoms. The molecule has 4 aliphatic heterocycles. The molecule has 0 saturated carbocycles. The maximum atomic E-state index is 13.4. The van der Waals surface area contributed by atoms with Crippen LogP contribution in [0.4, 0.5) is 0 Å². The summed E-state index contributed by atoms with van der Waals surface area (Å²) in [5.41, 5.74) is 1.13. The van der Waals surface area contributed by atoms with Gasteiger partial charge < -0.3 is 24.4 Å². The average Bonchev–Trinajstić information content (AvgIpc) is 3.54. The van der Waals surface area contributed by atoms with Crippen LogP contribution in [0.3, 0.4) is 0 Å². The number of carbonyl (C=O) groups excluding carboxylic acids is 2. The molecule has 1 aromatic carbocycles. The molecule has 1 N–H and O–H groups in total. The maximum absolute atomic E-state index is 13.4. The second kappa shape index (κ2) is 6.81. The van der Waals surface area contributed by atoms with E-state index in [0.29, 0.717) is 31.1 Å². The highest BCUT2D eigenvalue weighted by molar-refractivity contribution is 5.93. The Labute approximate surface area is 178 Å². The fraction of sp³-hybridized carbons (Fsp3) is 0.348. The predicted octanol–water partition coefficient (Wildman–Crippen LogP) is 1.41. The van der Waals surface area contributed by atoms with Crippen LogP contribution in [0.5, 0.6) is 11.5 Å². The number of rotatable bonds is 5. The molecular weight excluding hydrogens is 398 g/mol. The minimum absolute atomic E-state index is 0.0500. The van der Waals surface area contributed by atoms with Gasteiger partial charge in [-0.05, 0) is 29.3 Å². The molecule has 4 aliphatic rings. The van der Waals surface area contributed by atoms with Crippen molar-refractivity contribution in [1.82, 2.24) is 15.2 Å². The highest BCUT2D eigenvalue weighted by Gasteiger charge is 2.66. The van der Waals surface area contributed by atoms with Gasteiger partial charge in [-0.15, -0.1) is 0 Å². The van der Waals surface area contributed by atoms with Crippen molar-refractivity contribution in [1.29, 1.82) is 0 Å². The fourth-order valence-corrected chi connectivity index (χ4v) is 5.08. The van der Waals surface area contributed by atoms with Gasteiger partial charge in [0, 0.05) is 25.5 Å². The van der Waals surface area contributed by atoms with Crippen LogP contribution in [0.2, 0.25) is 0 Å². The lowest BCUT2D eigenvalue weighted by Gasteiger charge is -2.23. The maximum Gasteiger partial charge on any atom is 0.231 e. The number of pyridine rings is 1. The van der Waals surface area contributed by atoms with Crippen molar-refractivity contribution in [3.63, 3.8) is 0 Å². The number of fused-ring (bicyclic) bond motifs is 2. The summed E-state index contributed by atoms with van der Waals surface area (Å²) in [6.45, 7) is 1.45. The highest BCUT2D eigenvalue weighted by atomic mass is 16.7. The number of benzene rings is 1. The first-order valence-electron chi connectivity index (χ1n) is 10.3. The van der Waals surface area contributed by atoms with Gasteiger partial charge in [-0.25, -0.2) is 0 Å². The second-order valence-electron chi connectivity index (χ2n) is 8.36. The molecular formula is C23H21N3O5. The Bertz CT molecular complexity index is 1090. The van der Waals surface area contributed by atoms with Crippen LogP contribution in [-0.4, -0.2) is 46.7 Å². The van der Waals surface area contributed by atoms with Crippen molar-refractivity contribution in [2.75, 3.05) is 13.3 Å². The Kier molecular flexibility index (Phi) is 4.04. The molecule has 158 valence electrons. The van der Waals surface area contributed by atoms with Crippen LogP contribution >= 0.6 is 0 Å². The van der Waals surface area contributed by atoms with E-state index < -0.39 is 17.4 Å². The van der Waals surface area contributed by atoms with E-state index in [4.69, 9.17) is 14.2 Å². The molecule has 8 heteroatoms.